The van der Waals surface area contributed by atoms with Crippen molar-refractivity contribution in [3.05, 3.63) is 69.0 Å². The molecule has 2 N–H and O–H groups in total. The van der Waals surface area contributed by atoms with E-state index in [1.54, 1.807) is 24.3 Å². The fourth-order valence-electron chi connectivity index (χ4n) is 2.38. The quantitative estimate of drug-likeness (QED) is 0.458. The van der Waals surface area contributed by atoms with Crippen LogP contribution in [0, 0.1) is 0 Å². The molecule has 0 bridgehead atoms. The summed E-state index contributed by atoms with van der Waals surface area (Å²) in [6, 6.07) is 11.1. The highest BCUT2D eigenvalue weighted by Crippen LogP contribution is 2.21. The molecule has 166 valence electrons. The number of rotatable bonds is 8. The van der Waals surface area contributed by atoms with Gasteiger partial charge in [-0.2, -0.15) is 0 Å². The first-order valence-electron chi connectivity index (χ1n) is 9.05. The lowest BCUT2D eigenvalue weighted by Gasteiger charge is -2.08. The Hall–Kier alpha value is -3.14. The zero-order chi connectivity index (χ0) is 23.1. The number of ether oxygens (including phenoxy) is 1. The first-order chi connectivity index (χ1) is 15.3. The number of esters is 1. The topological polar surface area (TPSA) is 123 Å². The van der Waals surface area contributed by atoms with Gasteiger partial charge in [-0.1, -0.05) is 34.8 Å². The van der Waals surface area contributed by atoms with Gasteiger partial charge in [0.1, 0.15) is 6.54 Å². The summed E-state index contributed by atoms with van der Waals surface area (Å²) in [5.74, 6) is -1.54. The van der Waals surface area contributed by atoms with E-state index in [4.69, 9.17) is 44.0 Å². The molecule has 2 amide bonds. The maximum absolute atomic E-state index is 12.1. The van der Waals surface area contributed by atoms with Gasteiger partial charge >= 0.3 is 5.97 Å². The summed E-state index contributed by atoms with van der Waals surface area (Å²) in [4.78, 5) is 35.7. The van der Waals surface area contributed by atoms with Crippen molar-refractivity contribution in [3.8, 4) is 11.5 Å². The fraction of sp³-hybridized carbons (Fsp3) is 0.150. The summed E-state index contributed by atoms with van der Waals surface area (Å²) in [6.07, 6.45) is 0. The lowest BCUT2D eigenvalue weighted by atomic mass is 10.2. The van der Waals surface area contributed by atoms with Crippen molar-refractivity contribution in [2.75, 3.05) is 13.1 Å². The number of aromatic nitrogens is 2. The molecular formula is C20H15Cl3N4O5. The van der Waals surface area contributed by atoms with Gasteiger partial charge in [-0.3, -0.25) is 14.4 Å². The Labute approximate surface area is 197 Å². The summed E-state index contributed by atoms with van der Waals surface area (Å²) in [6.45, 7) is -1.03. The van der Waals surface area contributed by atoms with Crippen molar-refractivity contribution < 1.29 is 23.5 Å². The third kappa shape index (κ3) is 6.68. The molecule has 32 heavy (non-hydrogen) atoms. The average Bonchev–Trinajstić information content (AvgIpc) is 3.24. The third-order valence-corrected chi connectivity index (χ3v) is 4.73. The molecule has 3 rings (SSSR count). The normalized spacial score (nSPS) is 10.5. The molecule has 0 aliphatic carbocycles. The van der Waals surface area contributed by atoms with E-state index in [0.717, 1.165) is 0 Å². The Morgan fingerprint density at radius 2 is 1.62 bits per heavy atom. The average molecular weight is 498 g/mol. The third-order valence-electron chi connectivity index (χ3n) is 3.93. The predicted molar refractivity (Wildman–Crippen MR) is 116 cm³/mol. The van der Waals surface area contributed by atoms with Crippen molar-refractivity contribution in [3.63, 3.8) is 0 Å². The second kappa shape index (κ2) is 10.9. The molecule has 2 aromatic carbocycles. The number of amides is 2. The molecule has 9 nitrogen and oxygen atoms in total. The summed E-state index contributed by atoms with van der Waals surface area (Å²) in [7, 11) is 0. The molecule has 1 heterocycles. The highest BCUT2D eigenvalue weighted by Gasteiger charge is 2.14. The van der Waals surface area contributed by atoms with Crippen LogP contribution in [0.15, 0.2) is 46.9 Å². The van der Waals surface area contributed by atoms with E-state index >= 15 is 0 Å². The lowest BCUT2D eigenvalue weighted by molar-refractivity contribution is -0.145. The van der Waals surface area contributed by atoms with E-state index in [1.807, 2.05) is 0 Å². The summed E-state index contributed by atoms with van der Waals surface area (Å²) in [5, 5.41) is 13.5. The van der Waals surface area contributed by atoms with Gasteiger partial charge in [-0.05, 0) is 42.5 Å². The Morgan fingerprint density at radius 3 is 2.34 bits per heavy atom. The Balaban J connectivity index is 1.39. The molecule has 0 atom stereocenters. The highest BCUT2D eigenvalue weighted by molar-refractivity contribution is 6.36. The van der Waals surface area contributed by atoms with Crippen molar-refractivity contribution in [2.45, 2.75) is 6.61 Å². The van der Waals surface area contributed by atoms with E-state index in [-0.39, 0.29) is 35.5 Å². The minimum absolute atomic E-state index is 0.0849. The summed E-state index contributed by atoms with van der Waals surface area (Å²) < 4.78 is 10.4. The van der Waals surface area contributed by atoms with Gasteiger partial charge in [-0.15, -0.1) is 10.2 Å². The molecule has 0 saturated heterocycles. The smallest absolute Gasteiger partial charge is 0.325 e. The minimum Gasteiger partial charge on any atom is -0.454 e. The van der Waals surface area contributed by atoms with Crippen LogP contribution in [0.3, 0.4) is 0 Å². The van der Waals surface area contributed by atoms with E-state index in [0.29, 0.717) is 15.6 Å². The van der Waals surface area contributed by atoms with Crippen LogP contribution in [0.2, 0.25) is 15.1 Å². The lowest BCUT2D eigenvalue weighted by Crippen LogP contribution is -2.39. The molecule has 1 aromatic heterocycles. The van der Waals surface area contributed by atoms with Gasteiger partial charge in [-0.25, -0.2) is 0 Å². The number of hydrogen-bond acceptors (Lipinski definition) is 7. The first kappa shape index (κ1) is 23.5. The maximum Gasteiger partial charge on any atom is 0.325 e. The second-order valence-electron chi connectivity index (χ2n) is 6.25. The largest absolute Gasteiger partial charge is 0.454 e. The van der Waals surface area contributed by atoms with Gasteiger partial charge in [0.25, 0.3) is 11.8 Å². The number of nitrogens with zero attached hydrogens (tertiary/aromatic N) is 2. The molecule has 0 saturated carbocycles. The van der Waals surface area contributed by atoms with Crippen molar-refractivity contribution in [2.24, 2.45) is 0 Å². The second-order valence-corrected chi connectivity index (χ2v) is 7.53. The molecular weight excluding hydrogens is 483 g/mol. The van der Waals surface area contributed by atoms with Crippen LogP contribution in [0.4, 0.5) is 0 Å². The summed E-state index contributed by atoms with van der Waals surface area (Å²) >= 11 is 17.5. The molecule has 0 radical (unpaired) electrons. The highest BCUT2D eigenvalue weighted by atomic mass is 35.5. The van der Waals surface area contributed by atoms with Crippen molar-refractivity contribution >= 4 is 52.6 Å². The molecule has 3 aromatic rings. The van der Waals surface area contributed by atoms with E-state index in [1.165, 1.54) is 18.2 Å². The zero-order valence-electron chi connectivity index (χ0n) is 16.2. The number of carbonyl (C=O) groups is 3. The molecule has 0 aliphatic rings. The predicted octanol–water partition coefficient (Wildman–Crippen LogP) is 3.29. The number of benzene rings is 2. The molecule has 0 fully saturated rings. The molecule has 12 heteroatoms. The van der Waals surface area contributed by atoms with E-state index < -0.39 is 24.3 Å². The standard InChI is InChI=1S/C20H15Cl3N4O5/c21-12-3-1-11(2-4-12)20-27-26-17(32-20)10-31-18(29)9-24-16(28)8-25-19(30)14-6-5-13(22)7-15(14)23/h1-7H,8-10H2,(H,24,28)(H,25,30). The van der Waals surface area contributed by atoms with Gasteiger partial charge < -0.3 is 19.8 Å². The molecule has 0 unspecified atom stereocenters. The SMILES string of the molecule is O=C(CNC(=O)c1ccc(Cl)cc1Cl)NCC(=O)OCc1nnc(-c2ccc(Cl)cc2)o1. The van der Waals surface area contributed by atoms with Crippen LogP contribution in [-0.4, -0.2) is 41.1 Å². The number of hydrogen-bond donors (Lipinski definition) is 2. The maximum atomic E-state index is 12.1. The van der Waals surface area contributed by atoms with Crippen LogP contribution in [0.5, 0.6) is 0 Å². The van der Waals surface area contributed by atoms with Gasteiger partial charge in [0.15, 0.2) is 6.61 Å². The van der Waals surface area contributed by atoms with E-state index in [9.17, 15) is 14.4 Å². The zero-order valence-corrected chi connectivity index (χ0v) is 18.5. The van der Waals surface area contributed by atoms with Gasteiger partial charge in [0.2, 0.25) is 11.8 Å². The Bertz CT molecular complexity index is 1130. The minimum atomic E-state index is -0.725. The van der Waals surface area contributed by atoms with Gasteiger partial charge in [0.05, 0.1) is 17.1 Å². The van der Waals surface area contributed by atoms with Crippen molar-refractivity contribution in [1.29, 1.82) is 0 Å². The molecule has 0 spiro atoms. The summed E-state index contributed by atoms with van der Waals surface area (Å²) in [5.41, 5.74) is 0.828. The molecule has 0 aliphatic heterocycles. The van der Waals surface area contributed by atoms with Crippen molar-refractivity contribution in [1.82, 2.24) is 20.8 Å². The van der Waals surface area contributed by atoms with E-state index in [2.05, 4.69) is 20.8 Å². The van der Waals surface area contributed by atoms with Crippen LogP contribution >= 0.6 is 34.8 Å². The number of halogens is 3. The fourth-order valence-corrected chi connectivity index (χ4v) is 3.00. The Kier molecular flexibility index (Phi) is 8.04. The number of carbonyl (C=O) groups excluding carboxylic acids is 3. The van der Waals surface area contributed by atoms with Crippen LogP contribution in [0.1, 0.15) is 16.2 Å². The van der Waals surface area contributed by atoms with Crippen LogP contribution < -0.4 is 10.6 Å². The first-order valence-corrected chi connectivity index (χ1v) is 10.2. The Morgan fingerprint density at radius 1 is 0.906 bits per heavy atom. The van der Waals surface area contributed by atoms with Crippen LogP contribution in [-0.2, 0) is 20.9 Å². The van der Waals surface area contributed by atoms with Gasteiger partial charge in [0, 0.05) is 15.6 Å². The monoisotopic (exact) mass is 496 g/mol. The van der Waals surface area contributed by atoms with Crippen LogP contribution in [0.25, 0.3) is 11.5 Å². The number of nitrogens with one attached hydrogen (secondary N) is 2.